The first-order chi connectivity index (χ1) is 13.3. The molecule has 0 radical (unpaired) electrons. The van der Waals surface area contributed by atoms with Crippen molar-refractivity contribution < 1.29 is 18.0 Å². The number of hydrogen-bond acceptors (Lipinski definition) is 5. The quantitative estimate of drug-likeness (QED) is 0.769. The zero-order valence-corrected chi connectivity index (χ0v) is 15.8. The monoisotopic (exact) mass is 406 g/mol. The van der Waals surface area contributed by atoms with Gasteiger partial charge >= 0.3 is 6.18 Å². The second kappa shape index (κ2) is 8.19. The lowest BCUT2D eigenvalue weighted by Gasteiger charge is -2.21. The molecule has 3 rings (SSSR count). The molecule has 0 bridgehead atoms. The Morgan fingerprint density at radius 1 is 1.43 bits per heavy atom. The topological polar surface area (TPSA) is 78.7 Å². The number of fused-ring (bicyclic) bond motifs is 1. The summed E-state index contributed by atoms with van der Waals surface area (Å²) >= 11 is 1.13. The minimum atomic E-state index is -4.48. The summed E-state index contributed by atoms with van der Waals surface area (Å²) in [6.45, 7) is 2.16. The third-order valence-corrected chi connectivity index (χ3v) is 5.41. The summed E-state index contributed by atoms with van der Waals surface area (Å²) < 4.78 is 37.6. The van der Waals surface area contributed by atoms with Gasteiger partial charge in [-0.25, -0.2) is 9.97 Å². The number of thioether (sulfide) groups is 1. The van der Waals surface area contributed by atoms with Crippen LogP contribution in [0.15, 0.2) is 29.4 Å². The van der Waals surface area contributed by atoms with E-state index in [1.165, 1.54) is 0 Å². The molecule has 9 heteroatoms. The van der Waals surface area contributed by atoms with Crippen LogP contribution in [0, 0.1) is 17.2 Å². The average Bonchev–Trinajstić information content (AvgIpc) is 2.65. The van der Waals surface area contributed by atoms with Crippen molar-refractivity contribution in [2.75, 3.05) is 11.1 Å². The predicted octanol–water partition coefficient (Wildman–Crippen LogP) is 4.22. The van der Waals surface area contributed by atoms with E-state index in [0.29, 0.717) is 22.7 Å². The third kappa shape index (κ3) is 4.81. The van der Waals surface area contributed by atoms with Gasteiger partial charge in [0, 0.05) is 11.9 Å². The van der Waals surface area contributed by atoms with Crippen LogP contribution in [0.4, 0.5) is 19.0 Å². The maximum atomic E-state index is 12.5. The molecule has 0 aromatic carbocycles. The maximum absolute atomic E-state index is 12.5. The number of hydrogen-bond donors (Lipinski definition) is 1. The van der Waals surface area contributed by atoms with Crippen molar-refractivity contribution in [3.63, 3.8) is 0 Å². The van der Waals surface area contributed by atoms with Crippen molar-refractivity contribution in [3.05, 3.63) is 46.8 Å². The van der Waals surface area contributed by atoms with Gasteiger partial charge < -0.3 is 5.32 Å². The van der Waals surface area contributed by atoms with E-state index in [1.807, 2.05) is 6.07 Å². The van der Waals surface area contributed by atoms with Gasteiger partial charge in [0.25, 0.3) is 0 Å². The van der Waals surface area contributed by atoms with Crippen molar-refractivity contribution in [1.82, 2.24) is 9.97 Å². The van der Waals surface area contributed by atoms with Crippen molar-refractivity contribution in [2.45, 2.75) is 37.4 Å². The van der Waals surface area contributed by atoms with Gasteiger partial charge in [0.1, 0.15) is 16.9 Å². The van der Waals surface area contributed by atoms with E-state index in [0.717, 1.165) is 54.4 Å². The molecular weight excluding hydrogens is 389 g/mol. The molecule has 1 aliphatic rings. The summed E-state index contributed by atoms with van der Waals surface area (Å²) in [4.78, 5) is 20.3. The van der Waals surface area contributed by atoms with Crippen LogP contribution >= 0.6 is 11.8 Å². The Kier molecular flexibility index (Phi) is 5.89. The molecule has 0 aliphatic heterocycles. The molecule has 5 nitrogen and oxygen atoms in total. The van der Waals surface area contributed by atoms with Gasteiger partial charge in [0.05, 0.1) is 16.9 Å². The number of anilines is 1. The van der Waals surface area contributed by atoms with E-state index in [9.17, 15) is 23.2 Å². The lowest BCUT2D eigenvalue weighted by atomic mass is 9.87. The molecule has 1 N–H and O–H groups in total. The Morgan fingerprint density at radius 2 is 2.21 bits per heavy atom. The first-order valence-electron chi connectivity index (χ1n) is 8.65. The van der Waals surface area contributed by atoms with Gasteiger partial charge in [-0.2, -0.15) is 18.4 Å². The zero-order valence-electron chi connectivity index (χ0n) is 15.0. The van der Waals surface area contributed by atoms with Gasteiger partial charge in [-0.15, -0.1) is 0 Å². The largest absolute Gasteiger partial charge is 0.417 e. The molecule has 28 heavy (non-hydrogen) atoms. The van der Waals surface area contributed by atoms with E-state index >= 15 is 0 Å². The van der Waals surface area contributed by atoms with Crippen LogP contribution in [0.5, 0.6) is 0 Å². The molecule has 2 heterocycles. The second-order valence-electron chi connectivity index (χ2n) is 6.67. The van der Waals surface area contributed by atoms with Crippen LogP contribution in [0.1, 0.15) is 35.7 Å². The number of carbonyl (C=O) groups excluding carboxylic acids is 1. The number of aryl methyl sites for hydroxylation is 1. The molecule has 0 fully saturated rings. The molecule has 0 spiro atoms. The SMILES string of the molecule is C[C@@H]1CCc2nc(SCC(=O)Nc3ccc(C(F)(F)F)cn3)c(C#N)cc2C1. The third-order valence-electron chi connectivity index (χ3n) is 4.42. The Hall–Kier alpha value is -2.60. The minimum absolute atomic E-state index is 0.0282. The number of nitrogens with one attached hydrogen (secondary N) is 1. The highest BCUT2D eigenvalue weighted by Crippen LogP contribution is 2.30. The molecule has 1 atom stereocenters. The summed E-state index contributed by atoms with van der Waals surface area (Å²) in [5.74, 6) is 0.127. The highest BCUT2D eigenvalue weighted by molar-refractivity contribution is 8.00. The van der Waals surface area contributed by atoms with Gasteiger partial charge in [0.2, 0.25) is 5.91 Å². The first kappa shape index (κ1) is 20.1. The fourth-order valence-electron chi connectivity index (χ4n) is 2.97. The highest BCUT2D eigenvalue weighted by Gasteiger charge is 2.30. The summed E-state index contributed by atoms with van der Waals surface area (Å²) in [5, 5.41) is 12.3. The van der Waals surface area contributed by atoms with Crippen molar-refractivity contribution >= 4 is 23.5 Å². The molecule has 0 unspecified atom stereocenters. The minimum Gasteiger partial charge on any atom is -0.310 e. The van der Waals surface area contributed by atoms with E-state index in [-0.39, 0.29) is 11.6 Å². The standard InChI is InChI=1S/C19H17F3N4OS/c1-11-2-4-15-12(6-11)7-13(8-23)18(25-15)28-10-17(27)26-16-5-3-14(9-24-16)19(20,21)22/h3,5,7,9,11H,2,4,6,10H2,1H3,(H,24,26,27)/t11-/m1/s1. The van der Waals surface area contributed by atoms with Gasteiger partial charge in [0.15, 0.2) is 0 Å². The molecule has 0 saturated heterocycles. The highest BCUT2D eigenvalue weighted by atomic mass is 32.2. The van der Waals surface area contributed by atoms with Gasteiger partial charge in [-0.05, 0) is 48.9 Å². The molecule has 1 aliphatic carbocycles. The van der Waals surface area contributed by atoms with Crippen LogP contribution in [0.2, 0.25) is 0 Å². The molecule has 1 amide bonds. The summed E-state index contributed by atoms with van der Waals surface area (Å²) in [7, 11) is 0. The lowest BCUT2D eigenvalue weighted by Crippen LogP contribution is -2.17. The van der Waals surface area contributed by atoms with Crippen molar-refractivity contribution in [2.24, 2.45) is 5.92 Å². The number of rotatable bonds is 4. The Morgan fingerprint density at radius 3 is 2.86 bits per heavy atom. The molecular formula is C19H17F3N4OS. The fraction of sp³-hybridized carbons (Fsp3) is 0.368. The molecule has 0 saturated carbocycles. The number of alkyl halides is 3. The van der Waals surface area contributed by atoms with Crippen molar-refractivity contribution in [3.8, 4) is 6.07 Å². The van der Waals surface area contributed by atoms with Crippen LogP contribution in [0.25, 0.3) is 0 Å². The normalized spacial score (nSPS) is 16.2. The van der Waals surface area contributed by atoms with E-state index in [4.69, 9.17) is 0 Å². The van der Waals surface area contributed by atoms with Crippen molar-refractivity contribution in [1.29, 1.82) is 5.26 Å². The number of amides is 1. The van der Waals surface area contributed by atoms with E-state index in [1.54, 1.807) is 0 Å². The summed E-state index contributed by atoms with van der Waals surface area (Å²) in [6.07, 6.45) is -1.03. The maximum Gasteiger partial charge on any atom is 0.417 e. The van der Waals surface area contributed by atoms with Gasteiger partial charge in [-0.1, -0.05) is 18.7 Å². The lowest BCUT2D eigenvalue weighted by molar-refractivity contribution is -0.137. The Balaban J connectivity index is 1.64. The predicted molar refractivity (Wildman–Crippen MR) is 98.7 cm³/mol. The molecule has 146 valence electrons. The summed E-state index contributed by atoms with van der Waals surface area (Å²) in [5.41, 5.74) is 1.59. The number of nitrogens with zero attached hydrogens (tertiary/aromatic N) is 3. The number of pyridine rings is 2. The zero-order chi connectivity index (χ0) is 20.3. The molecule has 2 aromatic heterocycles. The first-order valence-corrected chi connectivity index (χ1v) is 9.63. The number of nitriles is 1. The van der Waals surface area contributed by atoms with Gasteiger partial charge in [-0.3, -0.25) is 4.79 Å². The molecule has 2 aromatic rings. The number of aromatic nitrogens is 2. The second-order valence-corrected chi connectivity index (χ2v) is 7.64. The number of halogens is 3. The van der Waals surface area contributed by atoms with Crippen LogP contribution in [0.3, 0.4) is 0 Å². The summed E-state index contributed by atoms with van der Waals surface area (Å²) in [6, 6.07) is 5.92. The average molecular weight is 406 g/mol. The van der Waals surface area contributed by atoms with E-state index in [2.05, 4.69) is 28.3 Å². The fourth-order valence-corrected chi connectivity index (χ4v) is 3.74. The van der Waals surface area contributed by atoms with E-state index < -0.39 is 17.6 Å². The Labute approximate surface area is 164 Å². The van der Waals surface area contributed by atoms with Crippen LogP contribution < -0.4 is 5.32 Å². The van der Waals surface area contributed by atoms with Crippen LogP contribution in [-0.2, 0) is 23.8 Å². The van der Waals surface area contributed by atoms with Crippen LogP contribution in [-0.4, -0.2) is 21.6 Å². The number of carbonyl (C=O) groups is 1. The Bertz CT molecular complexity index is 923. The smallest absolute Gasteiger partial charge is 0.310 e.